The molecule has 2 aromatic carbocycles. The lowest BCUT2D eigenvalue weighted by molar-refractivity contribution is 0.479. The fourth-order valence-corrected chi connectivity index (χ4v) is 3.98. The highest BCUT2D eigenvalue weighted by molar-refractivity contribution is 7.92. The Morgan fingerprint density at radius 2 is 1.67 bits per heavy atom. The number of phenols is 1. The van der Waals surface area contributed by atoms with Crippen molar-refractivity contribution in [3.63, 3.8) is 0 Å². The number of nitrogens with one attached hydrogen (secondary N) is 1. The minimum absolute atomic E-state index is 0.106. The maximum Gasteiger partial charge on any atom is 0.261 e. The van der Waals surface area contributed by atoms with E-state index >= 15 is 0 Å². The van der Waals surface area contributed by atoms with Gasteiger partial charge in [-0.05, 0) is 43.7 Å². The molecule has 0 heterocycles. The Hall–Kier alpha value is -1.78. The third-order valence-corrected chi connectivity index (χ3v) is 5.78. The first-order chi connectivity index (χ1) is 9.70. The molecule has 0 aromatic heterocycles. The van der Waals surface area contributed by atoms with Gasteiger partial charge in [0.2, 0.25) is 0 Å². The molecule has 7 heteroatoms. The van der Waals surface area contributed by atoms with Gasteiger partial charge in [0.05, 0.1) is 10.2 Å². The highest BCUT2D eigenvalue weighted by atomic mass is 32.2. The first-order valence-electron chi connectivity index (χ1n) is 6.16. The predicted molar refractivity (Wildman–Crippen MR) is 84.4 cm³/mol. The summed E-state index contributed by atoms with van der Waals surface area (Å²) >= 11 is 0. The zero-order chi connectivity index (χ0) is 15.7. The van der Waals surface area contributed by atoms with Crippen LogP contribution < -0.4 is 10.0 Å². The molecule has 0 aliphatic rings. The van der Waals surface area contributed by atoms with E-state index in [0.717, 1.165) is 0 Å². The van der Waals surface area contributed by atoms with E-state index in [4.69, 9.17) is 0 Å². The molecular weight excluding hydrogens is 309 g/mol. The molecule has 2 rings (SSSR count). The SMILES string of the molecule is CP(C)(=O)c1cc(NS(=O)(=O)c2ccccc2)ccc1O. The Morgan fingerprint density at radius 1 is 1.05 bits per heavy atom. The lowest BCUT2D eigenvalue weighted by Gasteiger charge is -2.13. The van der Waals surface area contributed by atoms with Crippen molar-refractivity contribution < 1.29 is 18.1 Å². The normalized spacial score (nSPS) is 12.1. The van der Waals surface area contributed by atoms with Crippen molar-refractivity contribution in [2.75, 3.05) is 18.1 Å². The minimum atomic E-state index is -3.71. The Labute approximate surface area is 124 Å². The molecule has 0 aliphatic carbocycles. The van der Waals surface area contributed by atoms with E-state index in [-0.39, 0.29) is 21.6 Å². The van der Waals surface area contributed by atoms with Crippen molar-refractivity contribution in [3.8, 4) is 5.75 Å². The van der Waals surface area contributed by atoms with Crippen LogP contribution in [0.3, 0.4) is 0 Å². The van der Waals surface area contributed by atoms with E-state index in [1.54, 1.807) is 18.2 Å². The van der Waals surface area contributed by atoms with Crippen molar-refractivity contribution in [2.24, 2.45) is 0 Å². The van der Waals surface area contributed by atoms with Crippen molar-refractivity contribution in [1.29, 1.82) is 0 Å². The van der Waals surface area contributed by atoms with E-state index in [1.165, 1.54) is 43.7 Å². The summed E-state index contributed by atoms with van der Waals surface area (Å²) in [4.78, 5) is 0.135. The Kier molecular flexibility index (Phi) is 4.12. The lowest BCUT2D eigenvalue weighted by Crippen LogP contribution is -2.14. The van der Waals surface area contributed by atoms with Crippen LogP contribution in [-0.4, -0.2) is 26.9 Å². The Bertz CT molecular complexity index is 797. The van der Waals surface area contributed by atoms with Gasteiger partial charge in [0.15, 0.2) is 0 Å². The van der Waals surface area contributed by atoms with Crippen LogP contribution in [0.15, 0.2) is 53.4 Å². The Balaban J connectivity index is 2.39. The molecule has 0 unspecified atom stereocenters. The molecule has 0 aliphatic heterocycles. The fraction of sp³-hybridized carbons (Fsp3) is 0.143. The van der Waals surface area contributed by atoms with E-state index in [2.05, 4.69) is 4.72 Å². The maximum absolute atomic E-state index is 12.2. The quantitative estimate of drug-likeness (QED) is 0.668. The zero-order valence-corrected chi connectivity index (χ0v) is 13.4. The molecular formula is C14H16NO4PS. The predicted octanol–water partition coefficient (Wildman–Crippen LogP) is 2.44. The third-order valence-electron chi connectivity index (χ3n) is 2.86. The average molecular weight is 325 g/mol. The van der Waals surface area contributed by atoms with Gasteiger partial charge in [-0.1, -0.05) is 18.2 Å². The number of hydrogen-bond acceptors (Lipinski definition) is 4. The van der Waals surface area contributed by atoms with E-state index in [0.29, 0.717) is 0 Å². The summed E-state index contributed by atoms with van der Waals surface area (Å²) in [5.41, 5.74) is 0.260. The van der Waals surface area contributed by atoms with Crippen LogP contribution in [0.1, 0.15) is 0 Å². The molecule has 0 spiro atoms. The number of sulfonamides is 1. The molecule has 0 amide bonds. The summed E-state index contributed by atoms with van der Waals surface area (Å²) in [6, 6.07) is 12.1. The summed E-state index contributed by atoms with van der Waals surface area (Å²) in [5, 5.41) is 9.98. The number of aromatic hydroxyl groups is 1. The third kappa shape index (κ3) is 3.65. The topological polar surface area (TPSA) is 83.5 Å². The summed E-state index contributed by atoms with van der Waals surface area (Å²) in [7, 11) is -6.41. The van der Waals surface area contributed by atoms with Gasteiger partial charge in [-0.3, -0.25) is 4.72 Å². The van der Waals surface area contributed by atoms with Gasteiger partial charge in [-0.15, -0.1) is 0 Å². The molecule has 2 N–H and O–H groups in total. The van der Waals surface area contributed by atoms with Gasteiger partial charge < -0.3 is 9.67 Å². The van der Waals surface area contributed by atoms with Crippen molar-refractivity contribution >= 4 is 28.2 Å². The van der Waals surface area contributed by atoms with Crippen LogP contribution in [0.25, 0.3) is 0 Å². The van der Waals surface area contributed by atoms with E-state index in [9.17, 15) is 18.1 Å². The molecule has 0 fully saturated rings. The molecule has 0 saturated heterocycles. The molecule has 21 heavy (non-hydrogen) atoms. The van der Waals surface area contributed by atoms with Crippen molar-refractivity contribution in [2.45, 2.75) is 4.90 Å². The number of phenolic OH excluding ortho intramolecular Hbond substituents is 1. The summed E-state index contributed by atoms with van der Waals surface area (Å²) in [6.45, 7) is 3.02. The summed E-state index contributed by atoms with van der Waals surface area (Å²) in [6.07, 6.45) is 0. The molecule has 2 aromatic rings. The molecule has 0 bridgehead atoms. The van der Waals surface area contributed by atoms with Gasteiger partial charge in [-0.25, -0.2) is 8.42 Å². The maximum atomic E-state index is 12.2. The van der Waals surface area contributed by atoms with E-state index < -0.39 is 17.2 Å². The first kappa shape index (κ1) is 15.6. The summed E-state index contributed by atoms with van der Waals surface area (Å²) < 4.78 is 38.9. The standard InChI is InChI=1S/C14H16NO4PS/c1-20(2,17)14-10-11(8-9-13(14)16)15-21(18,19)12-6-4-3-5-7-12/h3-10,15-16H,1-2H3. The van der Waals surface area contributed by atoms with Crippen LogP contribution in [0.4, 0.5) is 5.69 Å². The van der Waals surface area contributed by atoms with Crippen LogP contribution in [0.2, 0.25) is 0 Å². The second-order valence-corrected chi connectivity index (χ2v) is 9.84. The number of hydrogen-bond donors (Lipinski definition) is 2. The highest BCUT2D eigenvalue weighted by Gasteiger charge is 2.19. The zero-order valence-electron chi connectivity index (χ0n) is 11.6. The van der Waals surface area contributed by atoms with Gasteiger partial charge in [-0.2, -0.15) is 0 Å². The molecule has 112 valence electrons. The van der Waals surface area contributed by atoms with Crippen molar-refractivity contribution in [1.82, 2.24) is 0 Å². The molecule has 0 saturated carbocycles. The molecule has 5 nitrogen and oxygen atoms in total. The smallest absolute Gasteiger partial charge is 0.261 e. The molecule has 0 radical (unpaired) electrons. The van der Waals surface area contributed by atoms with Gasteiger partial charge in [0, 0.05) is 5.69 Å². The fourth-order valence-electron chi connectivity index (χ4n) is 1.83. The average Bonchev–Trinajstić information content (AvgIpc) is 2.40. The minimum Gasteiger partial charge on any atom is -0.507 e. The van der Waals surface area contributed by atoms with Gasteiger partial charge in [0.25, 0.3) is 10.0 Å². The van der Waals surface area contributed by atoms with Gasteiger partial charge >= 0.3 is 0 Å². The largest absolute Gasteiger partial charge is 0.507 e. The van der Waals surface area contributed by atoms with Crippen LogP contribution in [0.5, 0.6) is 5.75 Å². The lowest BCUT2D eigenvalue weighted by atomic mass is 10.3. The van der Waals surface area contributed by atoms with Gasteiger partial charge in [0.1, 0.15) is 12.9 Å². The second-order valence-electron chi connectivity index (χ2n) is 4.97. The van der Waals surface area contributed by atoms with Crippen LogP contribution >= 0.6 is 7.14 Å². The number of rotatable bonds is 4. The number of anilines is 1. The van der Waals surface area contributed by atoms with Crippen LogP contribution in [-0.2, 0) is 14.6 Å². The molecule has 0 atom stereocenters. The highest BCUT2D eigenvalue weighted by Crippen LogP contribution is 2.39. The number of benzene rings is 2. The second kappa shape index (κ2) is 5.54. The monoisotopic (exact) mass is 325 g/mol. The first-order valence-corrected chi connectivity index (χ1v) is 10.2. The van der Waals surface area contributed by atoms with E-state index in [1.807, 2.05) is 0 Å². The summed E-state index contributed by atoms with van der Waals surface area (Å²) in [5.74, 6) is -0.106. The Morgan fingerprint density at radius 3 is 2.24 bits per heavy atom. The van der Waals surface area contributed by atoms with Crippen molar-refractivity contribution in [3.05, 3.63) is 48.5 Å². The van der Waals surface area contributed by atoms with Crippen LogP contribution in [0, 0.1) is 0 Å².